The summed E-state index contributed by atoms with van der Waals surface area (Å²) in [6.45, 7) is 10.3. The molecule has 2 aromatic rings. The van der Waals surface area contributed by atoms with Crippen LogP contribution in [0.3, 0.4) is 0 Å². The van der Waals surface area contributed by atoms with E-state index in [0.717, 1.165) is 11.3 Å². The number of hydrogen-bond acceptors (Lipinski definition) is 3. The number of benzene rings is 2. The SMILES string of the molecule is C=CCOc1ccccc1NC(=O)COc1ccccc1C(C)(C)C. The van der Waals surface area contributed by atoms with Crippen molar-refractivity contribution in [2.75, 3.05) is 18.5 Å². The first kappa shape index (κ1) is 18.6. The Labute approximate surface area is 149 Å². The minimum Gasteiger partial charge on any atom is -0.487 e. The lowest BCUT2D eigenvalue weighted by atomic mass is 9.86. The van der Waals surface area contributed by atoms with Gasteiger partial charge < -0.3 is 14.8 Å². The molecule has 0 spiro atoms. The number of para-hydroxylation sites is 3. The Hall–Kier alpha value is -2.75. The van der Waals surface area contributed by atoms with E-state index in [1.165, 1.54) is 0 Å². The van der Waals surface area contributed by atoms with E-state index < -0.39 is 0 Å². The van der Waals surface area contributed by atoms with Crippen LogP contribution in [0.5, 0.6) is 11.5 Å². The van der Waals surface area contributed by atoms with Gasteiger partial charge in [0.15, 0.2) is 6.61 Å². The Bertz CT molecular complexity index is 732. The second kappa shape index (κ2) is 8.38. The molecule has 0 heterocycles. The molecule has 1 amide bonds. The molecule has 0 saturated heterocycles. The van der Waals surface area contributed by atoms with E-state index in [1.54, 1.807) is 18.2 Å². The van der Waals surface area contributed by atoms with Gasteiger partial charge >= 0.3 is 0 Å². The molecule has 132 valence electrons. The average molecular weight is 339 g/mol. The standard InChI is InChI=1S/C21H25NO3/c1-5-14-24-19-13-9-7-11-17(19)22-20(23)15-25-18-12-8-6-10-16(18)21(2,3)4/h5-13H,1,14-15H2,2-4H3,(H,22,23). The maximum absolute atomic E-state index is 12.3. The zero-order valence-electron chi connectivity index (χ0n) is 15.0. The lowest BCUT2D eigenvalue weighted by molar-refractivity contribution is -0.118. The number of hydrogen-bond donors (Lipinski definition) is 1. The third-order valence-electron chi connectivity index (χ3n) is 3.57. The maximum atomic E-state index is 12.3. The molecular formula is C21H25NO3. The van der Waals surface area contributed by atoms with Gasteiger partial charge in [-0.2, -0.15) is 0 Å². The minimum absolute atomic E-state index is 0.0573. The molecule has 0 bridgehead atoms. The van der Waals surface area contributed by atoms with E-state index in [9.17, 15) is 4.79 Å². The summed E-state index contributed by atoms with van der Waals surface area (Å²) < 4.78 is 11.3. The van der Waals surface area contributed by atoms with E-state index in [1.807, 2.05) is 36.4 Å². The molecule has 25 heavy (non-hydrogen) atoms. The van der Waals surface area contributed by atoms with Crippen LogP contribution in [0.15, 0.2) is 61.2 Å². The predicted molar refractivity (Wildman–Crippen MR) is 101 cm³/mol. The van der Waals surface area contributed by atoms with Gasteiger partial charge in [-0.15, -0.1) is 0 Å². The third kappa shape index (κ3) is 5.38. The number of carbonyl (C=O) groups excluding carboxylic acids is 1. The summed E-state index contributed by atoms with van der Waals surface area (Å²) >= 11 is 0. The van der Waals surface area contributed by atoms with Crippen LogP contribution in [0.4, 0.5) is 5.69 Å². The molecule has 0 radical (unpaired) electrons. The summed E-state index contributed by atoms with van der Waals surface area (Å²) in [4.78, 5) is 12.3. The molecule has 0 saturated carbocycles. The van der Waals surface area contributed by atoms with Crippen molar-refractivity contribution in [3.05, 3.63) is 66.7 Å². The van der Waals surface area contributed by atoms with E-state index in [-0.39, 0.29) is 17.9 Å². The second-order valence-corrected chi connectivity index (χ2v) is 6.68. The van der Waals surface area contributed by atoms with Crippen molar-refractivity contribution in [1.82, 2.24) is 0 Å². The smallest absolute Gasteiger partial charge is 0.262 e. The Morgan fingerprint density at radius 2 is 1.68 bits per heavy atom. The molecule has 0 aromatic heterocycles. The first-order chi connectivity index (χ1) is 11.9. The Kier molecular flexibility index (Phi) is 6.23. The Balaban J connectivity index is 2.02. The van der Waals surface area contributed by atoms with Crippen molar-refractivity contribution in [2.24, 2.45) is 0 Å². The predicted octanol–water partition coefficient (Wildman–Crippen LogP) is 4.57. The van der Waals surface area contributed by atoms with Crippen molar-refractivity contribution in [3.63, 3.8) is 0 Å². The van der Waals surface area contributed by atoms with Gasteiger partial charge in [-0.05, 0) is 29.2 Å². The fourth-order valence-corrected chi connectivity index (χ4v) is 2.39. The molecule has 4 nitrogen and oxygen atoms in total. The minimum atomic E-state index is -0.238. The van der Waals surface area contributed by atoms with Crippen molar-refractivity contribution >= 4 is 11.6 Å². The fourth-order valence-electron chi connectivity index (χ4n) is 2.39. The number of carbonyl (C=O) groups is 1. The maximum Gasteiger partial charge on any atom is 0.262 e. The number of anilines is 1. The lowest BCUT2D eigenvalue weighted by Gasteiger charge is -2.22. The van der Waals surface area contributed by atoms with Crippen LogP contribution in [0, 0.1) is 0 Å². The van der Waals surface area contributed by atoms with E-state index in [4.69, 9.17) is 9.47 Å². The summed E-state index contributed by atoms with van der Waals surface area (Å²) in [5, 5.41) is 2.82. The van der Waals surface area contributed by atoms with E-state index in [2.05, 4.69) is 32.7 Å². The van der Waals surface area contributed by atoms with Gasteiger partial charge in [-0.1, -0.05) is 63.8 Å². The van der Waals surface area contributed by atoms with Crippen molar-refractivity contribution in [1.29, 1.82) is 0 Å². The normalized spacial score (nSPS) is 10.8. The Morgan fingerprint density at radius 3 is 2.36 bits per heavy atom. The zero-order chi connectivity index (χ0) is 18.3. The summed E-state index contributed by atoms with van der Waals surface area (Å²) in [5.74, 6) is 1.09. The number of rotatable bonds is 7. The molecule has 2 rings (SSSR count). The van der Waals surface area contributed by atoms with Gasteiger partial charge in [-0.25, -0.2) is 0 Å². The summed E-state index contributed by atoms with van der Waals surface area (Å²) in [7, 11) is 0. The third-order valence-corrected chi connectivity index (χ3v) is 3.57. The molecule has 1 N–H and O–H groups in total. The molecule has 0 atom stereocenters. The van der Waals surface area contributed by atoms with Crippen molar-refractivity contribution < 1.29 is 14.3 Å². The molecule has 2 aromatic carbocycles. The van der Waals surface area contributed by atoms with Gasteiger partial charge in [0, 0.05) is 0 Å². The van der Waals surface area contributed by atoms with Gasteiger partial charge in [0.25, 0.3) is 5.91 Å². The second-order valence-electron chi connectivity index (χ2n) is 6.68. The Morgan fingerprint density at radius 1 is 1.04 bits per heavy atom. The molecular weight excluding hydrogens is 314 g/mol. The monoisotopic (exact) mass is 339 g/mol. The number of ether oxygens (including phenoxy) is 2. The average Bonchev–Trinajstić information content (AvgIpc) is 2.58. The van der Waals surface area contributed by atoms with Crippen molar-refractivity contribution in [3.8, 4) is 11.5 Å². The van der Waals surface area contributed by atoms with Crippen LogP contribution in [-0.2, 0) is 10.2 Å². The number of amides is 1. The largest absolute Gasteiger partial charge is 0.487 e. The molecule has 0 unspecified atom stereocenters. The van der Waals surface area contributed by atoms with E-state index >= 15 is 0 Å². The van der Waals surface area contributed by atoms with Crippen LogP contribution in [-0.4, -0.2) is 19.1 Å². The van der Waals surface area contributed by atoms with Crippen molar-refractivity contribution in [2.45, 2.75) is 26.2 Å². The topological polar surface area (TPSA) is 47.6 Å². The van der Waals surface area contributed by atoms with Crippen LogP contribution < -0.4 is 14.8 Å². The summed E-state index contributed by atoms with van der Waals surface area (Å²) in [5.41, 5.74) is 1.62. The number of nitrogens with one attached hydrogen (secondary N) is 1. The molecule has 0 aliphatic carbocycles. The molecule has 4 heteroatoms. The molecule has 0 aliphatic heterocycles. The van der Waals surface area contributed by atoms with E-state index in [0.29, 0.717) is 18.0 Å². The fraction of sp³-hybridized carbons (Fsp3) is 0.286. The zero-order valence-corrected chi connectivity index (χ0v) is 15.0. The summed E-state index contributed by atoms with van der Waals surface area (Å²) in [6.07, 6.45) is 1.66. The highest BCUT2D eigenvalue weighted by atomic mass is 16.5. The van der Waals surface area contributed by atoms with Gasteiger partial charge in [-0.3, -0.25) is 4.79 Å². The molecule has 0 aliphatic rings. The van der Waals surface area contributed by atoms with Gasteiger partial charge in [0.1, 0.15) is 18.1 Å². The highest BCUT2D eigenvalue weighted by Gasteiger charge is 2.19. The highest BCUT2D eigenvalue weighted by molar-refractivity contribution is 5.93. The summed E-state index contributed by atoms with van der Waals surface area (Å²) in [6, 6.07) is 15.1. The first-order valence-electron chi connectivity index (χ1n) is 8.26. The van der Waals surface area contributed by atoms with Crippen LogP contribution in [0.1, 0.15) is 26.3 Å². The quantitative estimate of drug-likeness (QED) is 0.752. The lowest BCUT2D eigenvalue weighted by Crippen LogP contribution is -2.22. The van der Waals surface area contributed by atoms with Crippen LogP contribution >= 0.6 is 0 Å². The molecule has 0 fully saturated rings. The van der Waals surface area contributed by atoms with Crippen LogP contribution in [0.25, 0.3) is 0 Å². The van der Waals surface area contributed by atoms with Gasteiger partial charge in [0.2, 0.25) is 0 Å². The van der Waals surface area contributed by atoms with Gasteiger partial charge in [0.05, 0.1) is 5.69 Å². The van der Waals surface area contributed by atoms with Crippen LogP contribution in [0.2, 0.25) is 0 Å². The first-order valence-corrected chi connectivity index (χ1v) is 8.26. The highest BCUT2D eigenvalue weighted by Crippen LogP contribution is 2.31.